The average molecular weight is 408 g/mol. The number of nitrogens with zero attached hydrogens (tertiary/aromatic N) is 1. The molecule has 0 spiro atoms. The van der Waals surface area contributed by atoms with Gasteiger partial charge in [-0.2, -0.15) is 4.31 Å². The van der Waals surface area contributed by atoms with Gasteiger partial charge in [0.1, 0.15) is 12.0 Å². The minimum Gasteiger partial charge on any atom is -0.367 e. The van der Waals surface area contributed by atoms with Crippen LogP contribution in [0.5, 0.6) is 0 Å². The first-order valence-corrected chi connectivity index (χ1v) is 11.1. The largest absolute Gasteiger partial charge is 0.367 e. The normalized spacial score (nSPS) is 23.4. The predicted octanol–water partition coefficient (Wildman–Crippen LogP) is 4.27. The van der Waals surface area contributed by atoms with Gasteiger partial charge in [-0.1, -0.05) is 48.0 Å². The number of anilines is 1. The Kier molecular flexibility index (Phi) is 4.05. The van der Waals surface area contributed by atoms with Crippen LogP contribution < -0.4 is 5.32 Å². The Hall–Kier alpha value is -2.70. The third-order valence-corrected chi connectivity index (χ3v) is 8.03. The molecule has 148 valence electrons. The van der Waals surface area contributed by atoms with Gasteiger partial charge in [0.05, 0.1) is 10.3 Å². The highest BCUT2D eigenvalue weighted by Crippen LogP contribution is 2.53. The highest BCUT2D eigenvalue weighted by atomic mass is 32.2. The maximum absolute atomic E-state index is 14.2. The van der Waals surface area contributed by atoms with Crippen LogP contribution in [0.25, 0.3) is 0 Å². The molecule has 2 aliphatic heterocycles. The summed E-state index contributed by atoms with van der Waals surface area (Å²) in [5.41, 5.74) is 2.96. The van der Waals surface area contributed by atoms with E-state index in [0.717, 1.165) is 22.4 Å². The smallest absolute Gasteiger partial charge is 0.244 e. The van der Waals surface area contributed by atoms with Crippen molar-refractivity contribution in [2.45, 2.75) is 29.8 Å². The number of benzene rings is 3. The van der Waals surface area contributed by atoms with E-state index in [9.17, 15) is 12.8 Å². The van der Waals surface area contributed by atoms with E-state index >= 15 is 0 Å². The second-order valence-corrected chi connectivity index (χ2v) is 9.64. The zero-order chi connectivity index (χ0) is 20.2. The minimum atomic E-state index is -3.71. The van der Waals surface area contributed by atoms with Gasteiger partial charge in [0.25, 0.3) is 0 Å². The SMILES string of the molecule is Cc1ccc(S(=O)(=O)N2CC[C@@]3(c4ccccc4)c4cc(F)ccc4N[C@@H]23)cc1. The lowest BCUT2D eigenvalue weighted by Crippen LogP contribution is -2.46. The number of rotatable bonds is 3. The minimum absolute atomic E-state index is 0.274. The Labute approximate surface area is 170 Å². The van der Waals surface area contributed by atoms with E-state index in [-0.39, 0.29) is 10.7 Å². The van der Waals surface area contributed by atoms with E-state index in [1.54, 1.807) is 30.3 Å². The van der Waals surface area contributed by atoms with Crippen molar-refractivity contribution in [3.05, 3.63) is 95.3 Å². The lowest BCUT2D eigenvalue weighted by Gasteiger charge is -2.33. The van der Waals surface area contributed by atoms with Crippen LogP contribution in [-0.4, -0.2) is 25.4 Å². The van der Waals surface area contributed by atoms with Gasteiger partial charge in [0.15, 0.2) is 0 Å². The van der Waals surface area contributed by atoms with Crippen LogP contribution in [-0.2, 0) is 15.4 Å². The summed E-state index contributed by atoms with van der Waals surface area (Å²) < 4.78 is 42.7. The number of fused-ring (bicyclic) bond motifs is 3. The molecule has 0 saturated carbocycles. The van der Waals surface area contributed by atoms with E-state index < -0.39 is 21.6 Å². The second kappa shape index (κ2) is 6.40. The summed E-state index contributed by atoms with van der Waals surface area (Å²) in [4.78, 5) is 0.274. The first-order chi connectivity index (χ1) is 13.9. The highest BCUT2D eigenvalue weighted by molar-refractivity contribution is 7.89. The van der Waals surface area contributed by atoms with Gasteiger partial charge in [-0.15, -0.1) is 0 Å². The molecule has 2 heterocycles. The Balaban J connectivity index is 1.67. The molecule has 0 bridgehead atoms. The molecule has 5 rings (SSSR count). The highest BCUT2D eigenvalue weighted by Gasteiger charge is 2.58. The van der Waals surface area contributed by atoms with E-state index in [0.29, 0.717) is 13.0 Å². The Morgan fingerprint density at radius 1 is 1.03 bits per heavy atom. The maximum atomic E-state index is 14.2. The monoisotopic (exact) mass is 408 g/mol. The standard InChI is InChI=1S/C23H21FN2O2S/c1-16-7-10-19(11-8-16)29(27,28)26-14-13-23(17-5-3-2-4-6-17)20-15-18(24)9-12-21(20)25-22(23)26/h2-12,15,22,25H,13-14H2,1H3/t22-,23+/m0/s1. The fourth-order valence-electron chi connectivity index (χ4n) is 4.73. The third kappa shape index (κ3) is 2.63. The van der Waals surface area contributed by atoms with Crippen molar-refractivity contribution in [1.29, 1.82) is 0 Å². The van der Waals surface area contributed by atoms with Crippen molar-refractivity contribution in [1.82, 2.24) is 4.31 Å². The summed E-state index contributed by atoms with van der Waals surface area (Å²) in [7, 11) is -3.71. The molecule has 0 aliphatic carbocycles. The summed E-state index contributed by atoms with van der Waals surface area (Å²) in [6, 6.07) is 21.4. The van der Waals surface area contributed by atoms with E-state index in [4.69, 9.17) is 0 Å². The zero-order valence-electron chi connectivity index (χ0n) is 16.0. The van der Waals surface area contributed by atoms with Gasteiger partial charge in [0.2, 0.25) is 10.0 Å². The first-order valence-electron chi connectivity index (χ1n) is 9.63. The molecule has 3 aromatic carbocycles. The molecule has 3 aromatic rings. The number of nitrogens with one attached hydrogen (secondary N) is 1. The summed E-state index contributed by atoms with van der Waals surface area (Å²) in [5.74, 6) is -0.318. The summed E-state index contributed by atoms with van der Waals surface area (Å²) >= 11 is 0. The quantitative estimate of drug-likeness (QED) is 0.704. The second-order valence-electron chi connectivity index (χ2n) is 7.75. The molecule has 0 amide bonds. The molecule has 0 radical (unpaired) electrons. The van der Waals surface area contributed by atoms with Crippen LogP contribution in [0.1, 0.15) is 23.1 Å². The van der Waals surface area contributed by atoms with Gasteiger partial charge < -0.3 is 5.32 Å². The number of aryl methyl sites for hydroxylation is 1. The van der Waals surface area contributed by atoms with Crippen LogP contribution in [0, 0.1) is 12.7 Å². The van der Waals surface area contributed by atoms with Gasteiger partial charge in [0, 0.05) is 12.2 Å². The lowest BCUT2D eigenvalue weighted by atomic mass is 9.73. The fourth-order valence-corrected chi connectivity index (χ4v) is 6.32. The van der Waals surface area contributed by atoms with Crippen molar-refractivity contribution in [2.75, 3.05) is 11.9 Å². The average Bonchev–Trinajstić information content (AvgIpc) is 3.24. The van der Waals surface area contributed by atoms with Gasteiger partial charge in [-0.05, 0) is 54.8 Å². The molecule has 6 heteroatoms. The number of hydrogen-bond acceptors (Lipinski definition) is 3. The zero-order valence-corrected chi connectivity index (χ0v) is 16.8. The summed E-state index contributed by atoms with van der Waals surface area (Å²) in [6.45, 7) is 2.29. The van der Waals surface area contributed by atoms with Gasteiger partial charge in [-0.3, -0.25) is 0 Å². The molecular formula is C23H21FN2O2S. The molecule has 1 saturated heterocycles. The molecule has 1 fully saturated rings. The summed E-state index contributed by atoms with van der Waals surface area (Å²) in [5, 5.41) is 3.38. The van der Waals surface area contributed by atoms with Crippen molar-refractivity contribution in [2.24, 2.45) is 0 Å². The van der Waals surface area contributed by atoms with Crippen LogP contribution in [0.15, 0.2) is 77.7 Å². The van der Waals surface area contributed by atoms with Crippen molar-refractivity contribution >= 4 is 15.7 Å². The Morgan fingerprint density at radius 2 is 1.76 bits per heavy atom. The van der Waals surface area contributed by atoms with E-state index in [1.807, 2.05) is 37.3 Å². The maximum Gasteiger partial charge on any atom is 0.244 e. The van der Waals surface area contributed by atoms with E-state index in [1.165, 1.54) is 16.4 Å². The number of hydrogen-bond donors (Lipinski definition) is 1. The summed E-state index contributed by atoms with van der Waals surface area (Å²) in [6.07, 6.45) is 0.0731. The molecule has 2 atom stereocenters. The van der Waals surface area contributed by atoms with Gasteiger partial charge >= 0.3 is 0 Å². The van der Waals surface area contributed by atoms with Crippen molar-refractivity contribution < 1.29 is 12.8 Å². The van der Waals surface area contributed by atoms with Gasteiger partial charge in [-0.25, -0.2) is 12.8 Å². The van der Waals surface area contributed by atoms with Crippen LogP contribution in [0.3, 0.4) is 0 Å². The predicted molar refractivity (Wildman–Crippen MR) is 111 cm³/mol. The molecule has 4 nitrogen and oxygen atoms in total. The molecule has 2 aliphatic rings. The molecule has 1 N–H and O–H groups in total. The third-order valence-electron chi connectivity index (χ3n) is 6.15. The Morgan fingerprint density at radius 3 is 2.48 bits per heavy atom. The van der Waals surface area contributed by atoms with Crippen LogP contribution >= 0.6 is 0 Å². The van der Waals surface area contributed by atoms with Crippen molar-refractivity contribution in [3.63, 3.8) is 0 Å². The topological polar surface area (TPSA) is 49.4 Å². The number of sulfonamides is 1. The van der Waals surface area contributed by atoms with Crippen LogP contribution in [0.2, 0.25) is 0 Å². The lowest BCUT2D eigenvalue weighted by molar-refractivity contribution is 0.375. The molecule has 0 unspecified atom stereocenters. The number of halogens is 1. The Bertz CT molecular complexity index is 1180. The molecule has 29 heavy (non-hydrogen) atoms. The fraction of sp³-hybridized carbons (Fsp3) is 0.217. The first kappa shape index (κ1) is 18.3. The molecule has 0 aromatic heterocycles. The van der Waals surface area contributed by atoms with E-state index in [2.05, 4.69) is 5.32 Å². The van der Waals surface area contributed by atoms with Crippen molar-refractivity contribution in [3.8, 4) is 0 Å². The van der Waals surface area contributed by atoms with Crippen LogP contribution in [0.4, 0.5) is 10.1 Å². The molecular weight excluding hydrogens is 387 g/mol.